The molecule has 3 atom stereocenters. The minimum Gasteiger partial charge on any atom is -0.338 e. The highest BCUT2D eigenvalue weighted by Crippen LogP contribution is 2.45. The molecular weight excluding hydrogens is 645 g/mol. The van der Waals surface area contributed by atoms with Gasteiger partial charge in [-0.1, -0.05) is 24.3 Å². The number of halogens is 2. The van der Waals surface area contributed by atoms with E-state index in [0.29, 0.717) is 44.1 Å². The zero-order valence-corrected chi connectivity index (χ0v) is 28.6. The summed E-state index contributed by atoms with van der Waals surface area (Å²) in [5, 5.41) is 0. The normalized spacial score (nSPS) is 24.1. The van der Waals surface area contributed by atoms with E-state index in [9.17, 15) is 17.6 Å². The fraction of sp³-hybridized carbons (Fsp3) is 0.474. The van der Waals surface area contributed by atoms with Gasteiger partial charge in [-0.25, -0.2) is 26.9 Å². The lowest BCUT2D eigenvalue weighted by Crippen LogP contribution is -2.49. The fourth-order valence-electron chi connectivity index (χ4n) is 8.92. The standard InChI is InChI=1S/C38H43F2N5O3S/c1-25-41-35-7-2-3-8-36(35)45(25)31-22-29-11-12-30(23-31)44(29)20-17-38(26-5-4-6-27(39)21-26)15-18-43(19-16-38)37(46)33-24-32(13-14-34(33)40)49(47,48)42-28-9-10-28/h2-8,13-14,21,24,28-31,42H,9-12,15-20,22-23H2,1H3/t29-,30+,31?. The fourth-order valence-corrected chi connectivity index (χ4v) is 10.3. The summed E-state index contributed by atoms with van der Waals surface area (Å²) in [6.45, 7) is 3.73. The first kappa shape index (κ1) is 32.5. The molecule has 11 heteroatoms. The maximum absolute atomic E-state index is 15.0. The maximum atomic E-state index is 15.0. The topological polar surface area (TPSA) is 87.5 Å². The van der Waals surface area contributed by atoms with Crippen molar-refractivity contribution in [3.63, 3.8) is 0 Å². The van der Waals surface area contributed by atoms with Gasteiger partial charge in [-0.2, -0.15) is 0 Å². The molecule has 3 aliphatic heterocycles. The number of nitrogens with one attached hydrogen (secondary N) is 1. The number of piperidine rings is 2. The van der Waals surface area contributed by atoms with Crippen molar-refractivity contribution in [2.45, 2.75) is 99.2 Å². The van der Waals surface area contributed by atoms with Gasteiger partial charge in [-0.15, -0.1) is 0 Å². The number of benzene rings is 3. The number of nitrogens with zero attached hydrogens (tertiary/aromatic N) is 4. The van der Waals surface area contributed by atoms with Crippen LogP contribution in [0.4, 0.5) is 8.78 Å². The molecule has 1 amide bonds. The van der Waals surface area contributed by atoms with Gasteiger partial charge in [-0.05, 0) is 125 Å². The van der Waals surface area contributed by atoms with Gasteiger partial charge < -0.3 is 9.47 Å². The number of rotatable bonds is 9. The molecule has 1 aromatic heterocycles. The van der Waals surface area contributed by atoms with E-state index in [2.05, 4.69) is 39.3 Å². The molecule has 4 aromatic rings. The quantitative estimate of drug-likeness (QED) is 0.217. The average Bonchev–Trinajstić information content (AvgIpc) is 3.78. The van der Waals surface area contributed by atoms with E-state index in [4.69, 9.17) is 4.98 Å². The highest BCUT2D eigenvalue weighted by molar-refractivity contribution is 7.89. The van der Waals surface area contributed by atoms with Crippen molar-refractivity contribution in [2.24, 2.45) is 0 Å². The summed E-state index contributed by atoms with van der Waals surface area (Å²) in [5.41, 5.74) is 2.60. The first-order valence-electron chi connectivity index (χ1n) is 17.7. The molecule has 1 N–H and O–H groups in total. The van der Waals surface area contributed by atoms with Crippen molar-refractivity contribution < 1.29 is 22.0 Å². The molecule has 4 heterocycles. The SMILES string of the molecule is Cc1nc2ccccc2n1C1C[C@H]2CC[C@@H](C1)N2CCC1(c2cccc(F)c2)CCN(C(=O)c2cc(S(=O)(=O)NC3CC3)ccc2F)CC1. The van der Waals surface area contributed by atoms with Crippen LogP contribution in [-0.2, 0) is 15.4 Å². The lowest BCUT2D eigenvalue weighted by Gasteiger charge is -2.45. The largest absolute Gasteiger partial charge is 0.338 e. The zero-order chi connectivity index (χ0) is 33.9. The summed E-state index contributed by atoms with van der Waals surface area (Å²) < 4.78 is 60.3. The van der Waals surface area contributed by atoms with Crippen LogP contribution in [0.3, 0.4) is 0 Å². The van der Waals surface area contributed by atoms with Gasteiger partial charge in [0.2, 0.25) is 10.0 Å². The Morgan fingerprint density at radius 3 is 2.37 bits per heavy atom. The van der Waals surface area contributed by atoms with Crippen LogP contribution in [0.15, 0.2) is 71.6 Å². The van der Waals surface area contributed by atoms with Gasteiger partial charge in [-0.3, -0.25) is 9.69 Å². The number of aromatic nitrogens is 2. The maximum Gasteiger partial charge on any atom is 0.256 e. The molecule has 3 aromatic carbocycles. The second kappa shape index (κ2) is 12.6. The number of sulfonamides is 1. The Hall–Kier alpha value is -3.67. The summed E-state index contributed by atoms with van der Waals surface area (Å²) in [6, 6.07) is 19.9. The molecule has 1 unspecified atom stereocenters. The Morgan fingerprint density at radius 1 is 0.918 bits per heavy atom. The summed E-state index contributed by atoms with van der Waals surface area (Å²) in [7, 11) is -3.84. The number of amides is 1. The molecule has 3 saturated heterocycles. The Balaban J connectivity index is 0.985. The number of imidazole rings is 1. The Kier molecular flexibility index (Phi) is 8.35. The third-order valence-electron chi connectivity index (χ3n) is 11.7. The van der Waals surface area contributed by atoms with Crippen LogP contribution in [0.5, 0.6) is 0 Å². The summed E-state index contributed by atoms with van der Waals surface area (Å²) in [6.07, 6.45) is 8.07. The molecule has 4 aliphatic rings. The van der Waals surface area contributed by atoms with Crippen LogP contribution in [0, 0.1) is 18.6 Å². The molecule has 0 spiro atoms. The molecule has 4 fully saturated rings. The number of likely N-dealkylation sites (tertiary alicyclic amines) is 1. The first-order chi connectivity index (χ1) is 23.6. The number of carbonyl (C=O) groups is 1. The molecule has 2 bridgehead atoms. The van der Waals surface area contributed by atoms with Gasteiger partial charge in [0.1, 0.15) is 17.5 Å². The van der Waals surface area contributed by atoms with Crippen molar-refractivity contribution in [1.29, 1.82) is 0 Å². The molecule has 1 saturated carbocycles. The molecule has 49 heavy (non-hydrogen) atoms. The first-order valence-corrected chi connectivity index (χ1v) is 19.2. The summed E-state index contributed by atoms with van der Waals surface area (Å²) in [5.74, 6) is -0.473. The average molecular weight is 688 g/mol. The van der Waals surface area contributed by atoms with E-state index in [1.54, 1.807) is 17.0 Å². The van der Waals surface area contributed by atoms with E-state index in [-0.39, 0.29) is 27.7 Å². The van der Waals surface area contributed by atoms with Crippen LogP contribution in [0.1, 0.15) is 85.6 Å². The summed E-state index contributed by atoms with van der Waals surface area (Å²) in [4.78, 5) is 22.7. The van der Waals surface area contributed by atoms with E-state index >= 15 is 4.39 Å². The smallest absolute Gasteiger partial charge is 0.256 e. The van der Waals surface area contributed by atoms with Crippen molar-refractivity contribution in [2.75, 3.05) is 19.6 Å². The number of aryl methyl sites for hydroxylation is 1. The number of hydrogen-bond acceptors (Lipinski definition) is 5. The predicted molar refractivity (Wildman–Crippen MR) is 184 cm³/mol. The van der Waals surface area contributed by atoms with E-state index in [1.165, 1.54) is 30.5 Å². The van der Waals surface area contributed by atoms with Crippen LogP contribution < -0.4 is 4.72 Å². The minimum atomic E-state index is -3.84. The highest BCUT2D eigenvalue weighted by atomic mass is 32.2. The lowest BCUT2D eigenvalue weighted by atomic mass is 9.70. The van der Waals surface area contributed by atoms with Crippen molar-refractivity contribution in [3.05, 3.63) is 95.3 Å². The van der Waals surface area contributed by atoms with Crippen molar-refractivity contribution in [3.8, 4) is 0 Å². The highest BCUT2D eigenvalue weighted by Gasteiger charge is 2.44. The van der Waals surface area contributed by atoms with Crippen molar-refractivity contribution in [1.82, 2.24) is 24.1 Å². The monoisotopic (exact) mass is 687 g/mol. The third-order valence-corrected chi connectivity index (χ3v) is 13.2. The molecule has 8 nitrogen and oxygen atoms in total. The molecule has 1 aliphatic carbocycles. The van der Waals surface area contributed by atoms with Gasteiger partial charge in [0.15, 0.2) is 0 Å². The lowest BCUT2D eigenvalue weighted by molar-refractivity contribution is 0.0602. The Bertz CT molecular complexity index is 1990. The predicted octanol–water partition coefficient (Wildman–Crippen LogP) is 6.50. The Morgan fingerprint density at radius 2 is 1.65 bits per heavy atom. The zero-order valence-electron chi connectivity index (χ0n) is 27.8. The molecule has 258 valence electrons. The molecule has 0 radical (unpaired) electrons. The van der Waals surface area contributed by atoms with Crippen LogP contribution in [-0.4, -0.2) is 71.4 Å². The molecule has 8 rings (SSSR count). The van der Waals surface area contributed by atoms with Gasteiger partial charge in [0, 0.05) is 37.3 Å². The van der Waals surface area contributed by atoms with Crippen LogP contribution in [0.25, 0.3) is 11.0 Å². The number of hydrogen-bond donors (Lipinski definition) is 1. The van der Waals surface area contributed by atoms with E-state index in [0.717, 1.165) is 67.7 Å². The second-order valence-corrected chi connectivity index (χ2v) is 16.3. The molecular formula is C38H43F2N5O3S. The van der Waals surface area contributed by atoms with E-state index < -0.39 is 21.7 Å². The Labute approximate surface area is 286 Å². The van der Waals surface area contributed by atoms with E-state index in [1.807, 2.05) is 12.1 Å². The number of para-hydroxylation sites is 2. The minimum absolute atomic E-state index is 0.102. The van der Waals surface area contributed by atoms with Gasteiger partial charge in [0.05, 0.1) is 21.5 Å². The third kappa shape index (κ3) is 6.18. The summed E-state index contributed by atoms with van der Waals surface area (Å²) >= 11 is 0. The van der Waals surface area contributed by atoms with Crippen LogP contribution in [0.2, 0.25) is 0 Å². The van der Waals surface area contributed by atoms with Gasteiger partial charge >= 0.3 is 0 Å². The van der Waals surface area contributed by atoms with Crippen LogP contribution >= 0.6 is 0 Å². The van der Waals surface area contributed by atoms with Gasteiger partial charge in [0.25, 0.3) is 5.91 Å². The number of fused-ring (bicyclic) bond motifs is 3. The second-order valence-electron chi connectivity index (χ2n) is 14.6. The number of carbonyl (C=O) groups excluding carboxylic acids is 1. The van der Waals surface area contributed by atoms with Crippen molar-refractivity contribution >= 4 is 27.0 Å².